The lowest BCUT2D eigenvalue weighted by molar-refractivity contribution is 0.292. The van der Waals surface area contributed by atoms with Gasteiger partial charge in [0.05, 0.1) is 6.04 Å². The van der Waals surface area contributed by atoms with E-state index in [1.807, 2.05) is 24.3 Å². The maximum absolute atomic E-state index is 5.90. The topological polar surface area (TPSA) is 51.2 Å². The highest BCUT2D eigenvalue weighted by Gasteiger charge is 2.38. The number of aryl methyl sites for hydroxylation is 1. The van der Waals surface area contributed by atoms with Crippen LogP contribution in [0.4, 0.5) is 0 Å². The van der Waals surface area contributed by atoms with Crippen LogP contribution in [0.25, 0.3) is 11.4 Å². The first-order chi connectivity index (χ1) is 10.3. The van der Waals surface area contributed by atoms with Crippen molar-refractivity contribution in [1.29, 1.82) is 0 Å². The summed E-state index contributed by atoms with van der Waals surface area (Å²) in [4.78, 5) is 6.74. The van der Waals surface area contributed by atoms with Gasteiger partial charge in [-0.1, -0.05) is 17.3 Å². The zero-order chi connectivity index (χ0) is 14.2. The number of aromatic nitrogens is 2. The molecule has 110 valence electrons. The van der Waals surface area contributed by atoms with Gasteiger partial charge in [-0.25, -0.2) is 0 Å². The van der Waals surface area contributed by atoms with Crippen LogP contribution in [0.3, 0.4) is 0 Å². The molecule has 5 heteroatoms. The molecule has 1 saturated heterocycles. The second kappa shape index (κ2) is 5.15. The number of ether oxygens (including phenoxy) is 1. The molecule has 1 aromatic carbocycles. The van der Waals surface area contributed by atoms with E-state index in [9.17, 15) is 0 Å². The van der Waals surface area contributed by atoms with Crippen LogP contribution in [0.15, 0.2) is 28.8 Å². The quantitative estimate of drug-likeness (QED) is 0.763. The predicted molar refractivity (Wildman–Crippen MR) is 78.1 cm³/mol. The van der Waals surface area contributed by atoms with E-state index in [4.69, 9.17) is 9.26 Å². The normalized spacial score (nSPS) is 24.0. The first-order valence-corrected chi connectivity index (χ1v) is 7.55. The number of rotatable bonds is 6. The molecule has 21 heavy (non-hydrogen) atoms. The summed E-state index contributed by atoms with van der Waals surface area (Å²) in [6.07, 6.45) is 2.83. The summed E-state index contributed by atoms with van der Waals surface area (Å²) in [5.74, 6) is 3.01. The molecule has 1 aromatic heterocycles. The first kappa shape index (κ1) is 12.8. The maximum atomic E-state index is 5.90. The molecule has 0 spiro atoms. The molecule has 2 aliphatic rings. The van der Waals surface area contributed by atoms with Gasteiger partial charge in [-0.15, -0.1) is 0 Å². The average molecular weight is 285 g/mol. The Morgan fingerprint density at radius 1 is 1.38 bits per heavy atom. The van der Waals surface area contributed by atoms with Gasteiger partial charge in [0.25, 0.3) is 0 Å². The van der Waals surface area contributed by atoms with E-state index in [0.717, 1.165) is 23.8 Å². The minimum Gasteiger partial charge on any atom is -0.492 e. The largest absolute Gasteiger partial charge is 0.492 e. The Labute approximate surface area is 123 Å². The summed E-state index contributed by atoms with van der Waals surface area (Å²) in [6, 6.07) is 8.47. The first-order valence-electron chi connectivity index (χ1n) is 7.55. The Morgan fingerprint density at radius 3 is 3.05 bits per heavy atom. The van der Waals surface area contributed by atoms with Crippen LogP contribution < -0.4 is 4.74 Å². The average Bonchev–Trinajstić information content (AvgIpc) is 3.41. The van der Waals surface area contributed by atoms with Crippen molar-refractivity contribution in [1.82, 2.24) is 15.0 Å². The third kappa shape index (κ3) is 3.08. The second-order valence-corrected chi connectivity index (χ2v) is 6.03. The summed E-state index contributed by atoms with van der Waals surface area (Å²) in [5, 5.41) is 3.94. The molecular formula is C16H19N3O2. The molecule has 2 unspecified atom stereocenters. The van der Waals surface area contributed by atoms with Gasteiger partial charge < -0.3 is 9.26 Å². The van der Waals surface area contributed by atoms with Gasteiger partial charge in [0, 0.05) is 25.6 Å². The van der Waals surface area contributed by atoms with E-state index in [2.05, 4.69) is 15.0 Å². The molecule has 4 rings (SSSR count). The van der Waals surface area contributed by atoms with Crippen LogP contribution in [-0.4, -0.2) is 40.8 Å². The van der Waals surface area contributed by atoms with Crippen LogP contribution in [0, 0.1) is 12.8 Å². The molecule has 0 bridgehead atoms. The van der Waals surface area contributed by atoms with E-state index < -0.39 is 0 Å². The van der Waals surface area contributed by atoms with Crippen molar-refractivity contribution in [3.63, 3.8) is 0 Å². The van der Waals surface area contributed by atoms with Crippen LogP contribution >= 0.6 is 0 Å². The Balaban J connectivity index is 1.35. The van der Waals surface area contributed by atoms with Crippen LogP contribution in [-0.2, 0) is 0 Å². The van der Waals surface area contributed by atoms with Crippen LogP contribution in [0.1, 0.15) is 18.7 Å². The number of benzene rings is 1. The molecule has 2 aromatic rings. The van der Waals surface area contributed by atoms with Crippen LogP contribution in [0.2, 0.25) is 0 Å². The van der Waals surface area contributed by atoms with Crippen molar-refractivity contribution in [2.24, 2.45) is 5.92 Å². The molecule has 1 aliphatic carbocycles. The van der Waals surface area contributed by atoms with Gasteiger partial charge in [-0.05, 0) is 30.9 Å². The van der Waals surface area contributed by atoms with Gasteiger partial charge >= 0.3 is 0 Å². The zero-order valence-electron chi connectivity index (χ0n) is 12.2. The van der Waals surface area contributed by atoms with Gasteiger partial charge in [0.15, 0.2) is 0 Å². The van der Waals surface area contributed by atoms with Gasteiger partial charge in [-0.3, -0.25) is 4.90 Å². The van der Waals surface area contributed by atoms with Gasteiger partial charge in [0.1, 0.15) is 12.4 Å². The number of nitrogens with zero attached hydrogens (tertiary/aromatic N) is 3. The van der Waals surface area contributed by atoms with Crippen LogP contribution in [0.5, 0.6) is 5.75 Å². The molecule has 1 saturated carbocycles. The van der Waals surface area contributed by atoms with Crippen molar-refractivity contribution < 1.29 is 9.26 Å². The van der Waals surface area contributed by atoms with E-state index >= 15 is 0 Å². The van der Waals surface area contributed by atoms with Crippen molar-refractivity contribution in [2.75, 3.05) is 19.7 Å². The third-order valence-electron chi connectivity index (χ3n) is 4.08. The highest BCUT2D eigenvalue weighted by molar-refractivity contribution is 5.56. The molecule has 2 fully saturated rings. The standard InChI is InChI=1S/C16H19N3O2/c1-11-17-16(18-21-11)13-3-2-4-15(7-13)20-10-14-9-19(14)8-12-5-6-12/h2-4,7,12,14H,5-6,8-10H2,1H3. The summed E-state index contributed by atoms with van der Waals surface area (Å²) in [5.41, 5.74) is 0.926. The number of hydrogen-bond acceptors (Lipinski definition) is 5. The monoisotopic (exact) mass is 285 g/mol. The Bertz CT molecular complexity index is 636. The predicted octanol–water partition coefficient (Wildman–Crippen LogP) is 2.52. The molecular weight excluding hydrogens is 266 g/mol. The number of hydrogen-bond donors (Lipinski definition) is 0. The fraction of sp³-hybridized carbons (Fsp3) is 0.500. The van der Waals surface area contributed by atoms with Crippen molar-refractivity contribution in [2.45, 2.75) is 25.8 Å². The fourth-order valence-electron chi connectivity index (χ4n) is 2.57. The van der Waals surface area contributed by atoms with E-state index in [1.54, 1.807) is 6.92 Å². The van der Waals surface area contributed by atoms with Gasteiger partial charge in [-0.2, -0.15) is 4.98 Å². The van der Waals surface area contributed by atoms with Gasteiger partial charge in [0.2, 0.25) is 11.7 Å². The fourth-order valence-corrected chi connectivity index (χ4v) is 2.57. The lowest BCUT2D eigenvalue weighted by atomic mass is 10.2. The summed E-state index contributed by atoms with van der Waals surface area (Å²) >= 11 is 0. The molecule has 5 nitrogen and oxygen atoms in total. The van der Waals surface area contributed by atoms with Crippen molar-refractivity contribution in [3.05, 3.63) is 30.2 Å². The highest BCUT2D eigenvalue weighted by Crippen LogP contribution is 2.33. The Kier molecular flexibility index (Phi) is 3.15. The zero-order valence-corrected chi connectivity index (χ0v) is 12.2. The smallest absolute Gasteiger partial charge is 0.223 e. The lowest BCUT2D eigenvalue weighted by Gasteiger charge is -2.07. The highest BCUT2D eigenvalue weighted by atomic mass is 16.5. The lowest BCUT2D eigenvalue weighted by Crippen LogP contribution is -2.12. The summed E-state index contributed by atoms with van der Waals surface area (Å²) < 4.78 is 10.9. The summed E-state index contributed by atoms with van der Waals surface area (Å²) in [6.45, 7) is 5.00. The molecule has 1 aliphatic heterocycles. The van der Waals surface area contributed by atoms with Crippen molar-refractivity contribution in [3.8, 4) is 17.1 Å². The molecule has 0 N–H and O–H groups in total. The molecule has 0 amide bonds. The van der Waals surface area contributed by atoms with E-state index in [0.29, 0.717) is 17.8 Å². The van der Waals surface area contributed by atoms with E-state index in [-0.39, 0.29) is 0 Å². The van der Waals surface area contributed by atoms with E-state index in [1.165, 1.54) is 25.9 Å². The molecule has 2 atom stereocenters. The molecule has 0 radical (unpaired) electrons. The maximum Gasteiger partial charge on any atom is 0.223 e. The van der Waals surface area contributed by atoms with Crippen molar-refractivity contribution >= 4 is 0 Å². The minimum absolute atomic E-state index is 0.574. The SMILES string of the molecule is Cc1nc(-c2cccc(OCC3CN3CC3CC3)c2)no1. The second-order valence-electron chi connectivity index (χ2n) is 6.03. The minimum atomic E-state index is 0.574. The Morgan fingerprint density at radius 2 is 2.29 bits per heavy atom. The summed E-state index contributed by atoms with van der Waals surface area (Å²) in [7, 11) is 0. The Hall–Kier alpha value is -1.88. The molecule has 2 heterocycles. The third-order valence-corrected chi connectivity index (χ3v) is 4.08.